The SMILES string of the molecule is O=CCCc1ccc(OCc2cccc3c2N(c2ccccc2)CC3)cc1F. The monoisotopic (exact) mass is 375 g/mol. The molecular formula is C24H22FNO2. The second-order valence-electron chi connectivity index (χ2n) is 6.91. The Kier molecular flexibility index (Phi) is 5.38. The van der Waals surface area contributed by atoms with Crippen LogP contribution in [-0.2, 0) is 24.2 Å². The van der Waals surface area contributed by atoms with Crippen molar-refractivity contribution < 1.29 is 13.9 Å². The number of rotatable bonds is 7. The zero-order valence-electron chi connectivity index (χ0n) is 15.6. The van der Waals surface area contributed by atoms with Gasteiger partial charge in [-0.15, -0.1) is 0 Å². The summed E-state index contributed by atoms with van der Waals surface area (Å²) in [6, 6.07) is 21.5. The molecule has 3 aromatic carbocycles. The molecule has 1 aliphatic rings. The van der Waals surface area contributed by atoms with Gasteiger partial charge in [0.25, 0.3) is 0 Å². The van der Waals surface area contributed by atoms with Crippen LogP contribution in [-0.4, -0.2) is 12.8 Å². The van der Waals surface area contributed by atoms with Crippen molar-refractivity contribution in [3.8, 4) is 5.75 Å². The number of aldehydes is 1. The Labute approximate surface area is 164 Å². The summed E-state index contributed by atoms with van der Waals surface area (Å²) in [6.07, 6.45) is 2.53. The van der Waals surface area contributed by atoms with Gasteiger partial charge in [0.1, 0.15) is 24.5 Å². The number of aryl methyl sites for hydroxylation is 1. The number of carbonyl (C=O) groups excluding carboxylic acids is 1. The van der Waals surface area contributed by atoms with Gasteiger partial charge in [0.15, 0.2) is 0 Å². The average Bonchev–Trinajstić information content (AvgIpc) is 3.17. The van der Waals surface area contributed by atoms with Crippen molar-refractivity contribution in [2.45, 2.75) is 25.9 Å². The first-order valence-corrected chi connectivity index (χ1v) is 9.54. The molecule has 28 heavy (non-hydrogen) atoms. The number of ether oxygens (including phenoxy) is 1. The number of carbonyl (C=O) groups is 1. The Balaban J connectivity index is 1.53. The molecule has 142 valence electrons. The standard InChI is InChI=1S/C24H22FNO2/c25-23-16-22(12-11-18(23)8-5-15-27)28-17-20-7-4-6-19-13-14-26(24(19)20)21-9-2-1-3-10-21/h1-4,6-7,9-12,15-16H,5,8,13-14,17H2. The topological polar surface area (TPSA) is 29.5 Å². The van der Waals surface area contributed by atoms with Crippen molar-refractivity contribution in [3.05, 3.63) is 89.2 Å². The summed E-state index contributed by atoms with van der Waals surface area (Å²) in [5.74, 6) is 0.165. The van der Waals surface area contributed by atoms with Gasteiger partial charge in [0, 0.05) is 30.3 Å². The van der Waals surface area contributed by atoms with Crippen LogP contribution in [0.4, 0.5) is 15.8 Å². The van der Waals surface area contributed by atoms with Crippen LogP contribution in [0.15, 0.2) is 66.7 Å². The van der Waals surface area contributed by atoms with Crippen LogP contribution in [0.1, 0.15) is 23.1 Å². The number of fused-ring (bicyclic) bond motifs is 1. The second-order valence-corrected chi connectivity index (χ2v) is 6.91. The molecule has 0 amide bonds. The molecule has 0 radical (unpaired) electrons. The zero-order chi connectivity index (χ0) is 19.3. The minimum absolute atomic E-state index is 0.322. The number of hydrogen-bond donors (Lipinski definition) is 0. The molecule has 1 heterocycles. The van der Waals surface area contributed by atoms with Gasteiger partial charge < -0.3 is 14.4 Å². The fourth-order valence-corrected chi connectivity index (χ4v) is 3.72. The first-order valence-electron chi connectivity index (χ1n) is 9.54. The predicted octanol–water partition coefficient (Wildman–Crippen LogP) is 5.23. The van der Waals surface area contributed by atoms with E-state index >= 15 is 0 Å². The Morgan fingerprint density at radius 2 is 1.86 bits per heavy atom. The third-order valence-electron chi connectivity index (χ3n) is 5.10. The van der Waals surface area contributed by atoms with Crippen LogP contribution in [0.25, 0.3) is 0 Å². The van der Waals surface area contributed by atoms with Crippen molar-refractivity contribution >= 4 is 17.7 Å². The van der Waals surface area contributed by atoms with E-state index in [2.05, 4.69) is 35.2 Å². The van der Waals surface area contributed by atoms with E-state index in [-0.39, 0.29) is 5.82 Å². The zero-order valence-corrected chi connectivity index (χ0v) is 15.6. The lowest BCUT2D eigenvalue weighted by atomic mass is 10.1. The summed E-state index contributed by atoms with van der Waals surface area (Å²) in [5, 5.41) is 0. The molecule has 0 saturated heterocycles. The summed E-state index contributed by atoms with van der Waals surface area (Å²) in [7, 11) is 0. The van der Waals surface area contributed by atoms with Gasteiger partial charge in [-0.1, -0.05) is 42.5 Å². The van der Waals surface area contributed by atoms with Crippen molar-refractivity contribution in [2.24, 2.45) is 0 Å². The van der Waals surface area contributed by atoms with Gasteiger partial charge in [-0.3, -0.25) is 0 Å². The van der Waals surface area contributed by atoms with Crippen LogP contribution in [0.3, 0.4) is 0 Å². The summed E-state index contributed by atoms with van der Waals surface area (Å²) < 4.78 is 20.1. The van der Waals surface area contributed by atoms with Gasteiger partial charge in [-0.05, 0) is 42.2 Å². The maximum atomic E-state index is 14.2. The first kappa shape index (κ1) is 18.2. The van der Waals surface area contributed by atoms with Crippen molar-refractivity contribution in [1.29, 1.82) is 0 Å². The minimum atomic E-state index is -0.330. The third kappa shape index (κ3) is 3.77. The summed E-state index contributed by atoms with van der Waals surface area (Å²) in [6.45, 7) is 1.32. The molecule has 0 fully saturated rings. The molecule has 0 spiro atoms. The van der Waals surface area contributed by atoms with E-state index < -0.39 is 0 Å². The lowest BCUT2D eigenvalue weighted by Gasteiger charge is -2.22. The molecule has 3 aromatic rings. The second kappa shape index (κ2) is 8.26. The first-order chi connectivity index (χ1) is 13.8. The Bertz CT molecular complexity index is 972. The number of hydrogen-bond acceptors (Lipinski definition) is 3. The van der Waals surface area contributed by atoms with E-state index in [1.807, 2.05) is 18.2 Å². The third-order valence-corrected chi connectivity index (χ3v) is 5.10. The van der Waals surface area contributed by atoms with Crippen molar-refractivity contribution in [3.63, 3.8) is 0 Å². The molecule has 0 aliphatic carbocycles. The molecule has 0 atom stereocenters. The number of anilines is 2. The number of benzene rings is 3. The van der Waals surface area contributed by atoms with E-state index in [1.54, 1.807) is 12.1 Å². The van der Waals surface area contributed by atoms with Gasteiger partial charge in [0.05, 0.1) is 5.69 Å². The molecule has 0 aromatic heterocycles. The normalized spacial score (nSPS) is 12.7. The quantitative estimate of drug-likeness (QED) is 0.530. The average molecular weight is 375 g/mol. The molecule has 0 unspecified atom stereocenters. The fourth-order valence-electron chi connectivity index (χ4n) is 3.72. The van der Waals surface area contributed by atoms with Crippen LogP contribution >= 0.6 is 0 Å². The van der Waals surface area contributed by atoms with E-state index in [4.69, 9.17) is 4.74 Å². The highest BCUT2D eigenvalue weighted by atomic mass is 19.1. The highest BCUT2D eigenvalue weighted by Gasteiger charge is 2.23. The summed E-state index contributed by atoms with van der Waals surface area (Å²) in [4.78, 5) is 12.8. The van der Waals surface area contributed by atoms with Crippen molar-refractivity contribution in [1.82, 2.24) is 0 Å². The van der Waals surface area contributed by atoms with E-state index in [0.717, 1.165) is 24.8 Å². The molecule has 4 heteroatoms. The molecule has 0 saturated carbocycles. The van der Waals surface area contributed by atoms with Gasteiger partial charge in [0.2, 0.25) is 0 Å². The highest BCUT2D eigenvalue weighted by Crippen LogP contribution is 2.37. The smallest absolute Gasteiger partial charge is 0.130 e. The molecule has 3 nitrogen and oxygen atoms in total. The Morgan fingerprint density at radius 1 is 1.00 bits per heavy atom. The fraction of sp³-hybridized carbons (Fsp3) is 0.208. The lowest BCUT2D eigenvalue weighted by molar-refractivity contribution is -0.107. The van der Waals surface area contributed by atoms with E-state index in [1.165, 1.54) is 23.0 Å². The maximum absolute atomic E-state index is 14.2. The molecule has 1 aliphatic heterocycles. The van der Waals surface area contributed by atoms with Crippen LogP contribution in [0.5, 0.6) is 5.75 Å². The number of halogens is 1. The molecule has 4 rings (SSSR count). The number of para-hydroxylation sites is 2. The van der Waals surface area contributed by atoms with Crippen LogP contribution in [0.2, 0.25) is 0 Å². The maximum Gasteiger partial charge on any atom is 0.130 e. The molecule has 0 bridgehead atoms. The Hall–Kier alpha value is -3.14. The van der Waals surface area contributed by atoms with Crippen LogP contribution in [0, 0.1) is 5.82 Å². The van der Waals surface area contributed by atoms with E-state index in [9.17, 15) is 9.18 Å². The lowest BCUT2D eigenvalue weighted by Crippen LogP contribution is -2.15. The predicted molar refractivity (Wildman–Crippen MR) is 109 cm³/mol. The summed E-state index contributed by atoms with van der Waals surface area (Å²) in [5.41, 5.74) is 5.29. The molecular weight excluding hydrogens is 353 g/mol. The minimum Gasteiger partial charge on any atom is -0.489 e. The van der Waals surface area contributed by atoms with Gasteiger partial charge in [-0.2, -0.15) is 0 Å². The Morgan fingerprint density at radius 3 is 2.64 bits per heavy atom. The van der Waals surface area contributed by atoms with Crippen molar-refractivity contribution in [2.75, 3.05) is 11.4 Å². The summed E-state index contributed by atoms with van der Waals surface area (Å²) >= 11 is 0. The highest BCUT2D eigenvalue weighted by molar-refractivity contribution is 5.73. The molecule has 0 N–H and O–H groups in total. The largest absolute Gasteiger partial charge is 0.489 e. The van der Waals surface area contributed by atoms with Gasteiger partial charge >= 0.3 is 0 Å². The van der Waals surface area contributed by atoms with Gasteiger partial charge in [-0.25, -0.2) is 4.39 Å². The van der Waals surface area contributed by atoms with Crippen LogP contribution < -0.4 is 9.64 Å². The van der Waals surface area contributed by atoms with E-state index in [0.29, 0.717) is 30.8 Å². The number of nitrogens with zero attached hydrogens (tertiary/aromatic N) is 1.